The summed E-state index contributed by atoms with van der Waals surface area (Å²) in [6.45, 7) is 2.81. The van der Waals surface area contributed by atoms with Crippen molar-refractivity contribution >= 4 is 27.8 Å². The van der Waals surface area contributed by atoms with Crippen LogP contribution in [-0.2, 0) is 6.18 Å². The highest BCUT2D eigenvalue weighted by molar-refractivity contribution is 5.97. The van der Waals surface area contributed by atoms with Crippen LogP contribution in [0.25, 0.3) is 33.3 Å². The first-order valence-electron chi connectivity index (χ1n) is 11.7. The van der Waals surface area contributed by atoms with Gasteiger partial charge in [-0.1, -0.05) is 0 Å². The molecular formula is C24H22F3N7. The summed E-state index contributed by atoms with van der Waals surface area (Å²) in [6.07, 6.45) is 4.03. The van der Waals surface area contributed by atoms with Crippen molar-refractivity contribution in [3.63, 3.8) is 0 Å². The fraction of sp³-hybridized carbons (Fsp3) is 0.417. The lowest BCUT2D eigenvalue weighted by Crippen LogP contribution is -2.35. The molecule has 1 aliphatic carbocycles. The Morgan fingerprint density at radius 3 is 2.76 bits per heavy atom. The third-order valence-corrected chi connectivity index (χ3v) is 7.43. The van der Waals surface area contributed by atoms with E-state index in [0.29, 0.717) is 34.7 Å². The van der Waals surface area contributed by atoms with Crippen LogP contribution in [0, 0.1) is 5.92 Å². The Labute approximate surface area is 192 Å². The number of alkyl halides is 3. The SMILES string of the molecule is FC(F)(F)c1cc2c(-c3nc(N4CC[C@H]5CNC[C@H]54)c4c(C5CC5)cncc4n3)ccnc2[nH]1. The van der Waals surface area contributed by atoms with Crippen LogP contribution < -0.4 is 10.2 Å². The Kier molecular flexibility index (Phi) is 4.21. The van der Waals surface area contributed by atoms with Gasteiger partial charge in [0.15, 0.2) is 5.82 Å². The molecule has 0 amide bonds. The molecule has 0 bridgehead atoms. The Hall–Kier alpha value is -3.27. The van der Waals surface area contributed by atoms with E-state index in [4.69, 9.17) is 9.97 Å². The summed E-state index contributed by atoms with van der Waals surface area (Å²) in [5.74, 6) is 2.31. The third kappa shape index (κ3) is 3.08. The van der Waals surface area contributed by atoms with Gasteiger partial charge >= 0.3 is 6.18 Å². The summed E-state index contributed by atoms with van der Waals surface area (Å²) in [5.41, 5.74) is 1.77. The summed E-state index contributed by atoms with van der Waals surface area (Å²) in [7, 11) is 0. The average Bonchev–Trinajstić information content (AvgIpc) is 3.20. The number of nitrogens with one attached hydrogen (secondary N) is 2. The van der Waals surface area contributed by atoms with E-state index >= 15 is 0 Å². The van der Waals surface area contributed by atoms with Crippen molar-refractivity contribution in [3.8, 4) is 11.4 Å². The molecule has 3 fully saturated rings. The maximum Gasteiger partial charge on any atom is 0.431 e. The molecule has 1 saturated carbocycles. The molecule has 2 atom stereocenters. The van der Waals surface area contributed by atoms with E-state index < -0.39 is 11.9 Å². The highest BCUT2D eigenvalue weighted by Crippen LogP contribution is 2.46. The zero-order valence-electron chi connectivity index (χ0n) is 18.2. The quantitative estimate of drug-likeness (QED) is 0.471. The fourth-order valence-corrected chi connectivity index (χ4v) is 5.61. The van der Waals surface area contributed by atoms with Crippen LogP contribution in [0.15, 0.2) is 30.7 Å². The van der Waals surface area contributed by atoms with Crippen molar-refractivity contribution in [1.82, 2.24) is 30.2 Å². The van der Waals surface area contributed by atoms with E-state index in [2.05, 4.69) is 25.2 Å². The van der Waals surface area contributed by atoms with E-state index in [9.17, 15) is 13.2 Å². The number of pyridine rings is 2. The monoisotopic (exact) mass is 465 g/mol. The van der Waals surface area contributed by atoms with Crippen LogP contribution >= 0.6 is 0 Å². The number of hydrogen-bond donors (Lipinski definition) is 2. The molecule has 0 unspecified atom stereocenters. The van der Waals surface area contributed by atoms with Gasteiger partial charge in [-0.25, -0.2) is 15.0 Å². The molecule has 174 valence electrons. The number of halogens is 3. The normalized spacial score (nSPS) is 22.7. The maximum atomic E-state index is 13.4. The summed E-state index contributed by atoms with van der Waals surface area (Å²) in [5, 5.41) is 4.88. The largest absolute Gasteiger partial charge is 0.431 e. The topological polar surface area (TPSA) is 82.6 Å². The first kappa shape index (κ1) is 20.1. The fourth-order valence-electron chi connectivity index (χ4n) is 5.61. The molecule has 3 aliphatic rings. The van der Waals surface area contributed by atoms with Crippen molar-refractivity contribution in [3.05, 3.63) is 42.0 Å². The molecule has 7 nitrogen and oxygen atoms in total. The Morgan fingerprint density at radius 1 is 1.06 bits per heavy atom. The van der Waals surface area contributed by atoms with Gasteiger partial charge in [-0.2, -0.15) is 13.2 Å². The third-order valence-electron chi connectivity index (χ3n) is 7.43. The molecule has 6 heterocycles. The van der Waals surface area contributed by atoms with Gasteiger partial charge in [-0.3, -0.25) is 4.98 Å². The molecule has 10 heteroatoms. The number of H-pyrrole nitrogens is 1. The molecule has 2 saturated heterocycles. The zero-order chi connectivity index (χ0) is 23.0. The molecule has 0 aromatic carbocycles. The lowest BCUT2D eigenvalue weighted by molar-refractivity contribution is -0.140. The second-order valence-electron chi connectivity index (χ2n) is 9.54. The number of rotatable bonds is 3. The lowest BCUT2D eigenvalue weighted by atomic mass is 10.0. The van der Waals surface area contributed by atoms with Crippen LogP contribution in [0.3, 0.4) is 0 Å². The van der Waals surface area contributed by atoms with Gasteiger partial charge in [0.25, 0.3) is 0 Å². The highest BCUT2D eigenvalue weighted by Gasteiger charge is 2.40. The minimum atomic E-state index is -4.49. The van der Waals surface area contributed by atoms with Gasteiger partial charge in [0.2, 0.25) is 0 Å². The molecule has 2 N–H and O–H groups in total. The van der Waals surface area contributed by atoms with Gasteiger partial charge in [-0.05, 0) is 48.8 Å². The molecule has 2 aliphatic heterocycles. The standard InChI is InChI=1S/C24H22F3N7/c25-24(26,27)19-7-15-14(3-5-30-21(15)32-19)22-31-17-10-29-9-16(12-1-2-12)20(17)23(33-22)34-6-4-13-8-28-11-18(13)34/h3,5,7,9-10,12-13,18,28H,1-2,4,6,8,11H2,(H,30,32)/t13-,18+/m0/s1. The predicted octanol–water partition coefficient (Wildman–Crippen LogP) is 4.26. The number of hydrogen-bond acceptors (Lipinski definition) is 6. The first-order valence-corrected chi connectivity index (χ1v) is 11.7. The average molecular weight is 465 g/mol. The summed E-state index contributed by atoms with van der Waals surface area (Å²) in [4.78, 5) is 23.2. The van der Waals surface area contributed by atoms with Gasteiger partial charge < -0.3 is 15.2 Å². The van der Waals surface area contributed by atoms with E-state index in [1.807, 2.05) is 6.20 Å². The van der Waals surface area contributed by atoms with Crippen LogP contribution in [-0.4, -0.2) is 50.6 Å². The van der Waals surface area contributed by atoms with Gasteiger partial charge in [0, 0.05) is 54.4 Å². The van der Waals surface area contributed by atoms with Crippen LogP contribution in [0.4, 0.5) is 19.0 Å². The summed E-state index contributed by atoms with van der Waals surface area (Å²) < 4.78 is 40.1. The lowest BCUT2D eigenvalue weighted by Gasteiger charge is -2.27. The summed E-state index contributed by atoms with van der Waals surface area (Å²) >= 11 is 0. The number of fused-ring (bicyclic) bond motifs is 3. The first-order chi connectivity index (χ1) is 16.5. The van der Waals surface area contributed by atoms with Crippen molar-refractivity contribution < 1.29 is 13.2 Å². The molecule has 4 aromatic rings. The van der Waals surface area contributed by atoms with Gasteiger partial charge in [0.1, 0.15) is 17.2 Å². The smallest absolute Gasteiger partial charge is 0.351 e. The van der Waals surface area contributed by atoms with Crippen LogP contribution in [0.5, 0.6) is 0 Å². The van der Waals surface area contributed by atoms with Gasteiger partial charge in [-0.15, -0.1) is 0 Å². The van der Waals surface area contributed by atoms with E-state index in [0.717, 1.165) is 61.7 Å². The Bertz CT molecular complexity index is 1430. The molecule has 0 spiro atoms. The maximum absolute atomic E-state index is 13.4. The molecule has 4 aromatic heterocycles. The minimum Gasteiger partial charge on any atom is -0.351 e. The van der Waals surface area contributed by atoms with Crippen molar-refractivity contribution in [2.45, 2.75) is 37.4 Å². The van der Waals surface area contributed by atoms with Crippen LogP contribution in [0.1, 0.15) is 36.4 Å². The zero-order valence-corrected chi connectivity index (χ0v) is 18.2. The van der Waals surface area contributed by atoms with Crippen molar-refractivity contribution in [1.29, 1.82) is 0 Å². The number of aromatic amines is 1. The number of nitrogens with zero attached hydrogens (tertiary/aromatic N) is 5. The van der Waals surface area contributed by atoms with E-state index in [-0.39, 0.29) is 5.65 Å². The molecule has 34 heavy (non-hydrogen) atoms. The molecule has 0 radical (unpaired) electrons. The second-order valence-corrected chi connectivity index (χ2v) is 9.54. The van der Waals surface area contributed by atoms with Crippen LogP contribution in [0.2, 0.25) is 0 Å². The van der Waals surface area contributed by atoms with E-state index in [1.165, 1.54) is 11.8 Å². The minimum absolute atomic E-state index is 0.168. The van der Waals surface area contributed by atoms with Crippen molar-refractivity contribution in [2.24, 2.45) is 5.92 Å². The van der Waals surface area contributed by atoms with E-state index in [1.54, 1.807) is 12.3 Å². The number of anilines is 1. The number of aromatic nitrogens is 5. The van der Waals surface area contributed by atoms with Crippen molar-refractivity contribution in [2.75, 3.05) is 24.5 Å². The Balaban J connectivity index is 1.46. The molecule has 7 rings (SSSR count). The summed E-state index contributed by atoms with van der Waals surface area (Å²) in [6, 6.07) is 3.13. The molecular weight excluding hydrogens is 443 g/mol. The second kappa shape index (κ2) is 7.11. The highest BCUT2D eigenvalue weighted by atomic mass is 19.4. The Morgan fingerprint density at radius 2 is 1.94 bits per heavy atom. The van der Waals surface area contributed by atoms with Gasteiger partial charge in [0.05, 0.1) is 11.7 Å². The predicted molar refractivity (Wildman–Crippen MR) is 122 cm³/mol.